The third kappa shape index (κ3) is 7.27. The molecule has 2 saturated heterocycles. The minimum atomic E-state index is -3.86. The van der Waals surface area contributed by atoms with Gasteiger partial charge in [0.25, 0.3) is 11.8 Å². The van der Waals surface area contributed by atoms with Crippen LogP contribution in [0.4, 0.5) is 31.5 Å². The van der Waals surface area contributed by atoms with Crippen molar-refractivity contribution in [1.82, 2.24) is 0 Å². The number of anilines is 4. The number of benzene rings is 2. The van der Waals surface area contributed by atoms with Crippen LogP contribution in [0.1, 0.15) is 54.4 Å². The number of rotatable bonds is 10. The molecule has 244 valence electrons. The minimum absolute atomic E-state index is 0.188. The van der Waals surface area contributed by atoms with Gasteiger partial charge in [-0.1, -0.05) is 0 Å². The van der Waals surface area contributed by atoms with E-state index in [-0.39, 0.29) is 50.7 Å². The zero-order valence-corrected chi connectivity index (χ0v) is 25.9. The number of piperidine rings is 2. The largest absolute Gasteiger partial charge is 0.491 e. The third-order valence-electron chi connectivity index (χ3n) is 9.28. The van der Waals surface area contributed by atoms with Gasteiger partial charge in [0.2, 0.25) is 10.0 Å². The van der Waals surface area contributed by atoms with Gasteiger partial charge < -0.3 is 30.3 Å². The van der Waals surface area contributed by atoms with E-state index in [1.165, 1.54) is 18.9 Å². The van der Waals surface area contributed by atoms with Crippen LogP contribution in [-0.2, 0) is 26.0 Å². The van der Waals surface area contributed by atoms with E-state index >= 15 is 0 Å². The normalized spacial score (nSPS) is 19.9. The Labute approximate surface area is 261 Å². The lowest BCUT2D eigenvalue weighted by molar-refractivity contribution is -0.141. The highest BCUT2D eigenvalue weighted by molar-refractivity contribution is 7.92. The molecule has 1 spiro atoms. The summed E-state index contributed by atoms with van der Waals surface area (Å²) in [6.45, 7) is 1.67. The van der Waals surface area contributed by atoms with Gasteiger partial charge in [0.05, 0.1) is 35.8 Å². The Morgan fingerprint density at radius 3 is 2.29 bits per heavy atom. The van der Waals surface area contributed by atoms with E-state index < -0.39 is 27.7 Å². The Morgan fingerprint density at radius 2 is 1.60 bits per heavy atom. The Morgan fingerprint density at radius 1 is 0.933 bits per heavy atom. The van der Waals surface area contributed by atoms with Crippen LogP contribution in [-0.4, -0.2) is 77.9 Å². The average molecular weight is 648 g/mol. The number of fused-ring (bicyclic) bond motifs is 1. The van der Waals surface area contributed by atoms with Gasteiger partial charge in [-0.25, -0.2) is 17.2 Å². The standard InChI is InChI=1S/C31H39F2N5O6S/c32-31(33)8-12-38(13-9-31)26-19-23(17-21-3-14-44-28(21)26)35-29(40)24-2-1-22(36-45(41,42)16-15-43-27(39)20-34)18-25(24)37-10-6-30(4-5-30)7-11-37/h1-2,17-19,36H,3-16,20,34H2,(H,35,40). The van der Waals surface area contributed by atoms with Gasteiger partial charge in [0, 0.05) is 56.7 Å². The van der Waals surface area contributed by atoms with Crippen LogP contribution >= 0.6 is 0 Å². The van der Waals surface area contributed by atoms with E-state index in [2.05, 4.69) is 14.9 Å². The Balaban J connectivity index is 1.23. The number of carbonyl (C=O) groups is 2. The van der Waals surface area contributed by atoms with Crippen LogP contribution in [0.25, 0.3) is 0 Å². The van der Waals surface area contributed by atoms with Crippen LogP contribution < -0.4 is 30.3 Å². The summed E-state index contributed by atoms with van der Waals surface area (Å²) in [4.78, 5) is 29.1. The van der Waals surface area contributed by atoms with Gasteiger partial charge in [0.15, 0.2) is 0 Å². The van der Waals surface area contributed by atoms with Crippen molar-refractivity contribution in [3.63, 3.8) is 0 Å². The Hall–Kier alpha value is -3.65. The lowest BCUT2D eigenvalue weighted by Gasteiger charge is -2.35. The Kier molecular flexibility index (Phi) is 8.55. The van der Waals surface area contributed by atoms with Crippen LogP contribution in [0.3, 0.4) is 0 Å². The number of amides is 1. The molecule has 6 rings (SSSR count). The number of sulfonamides is 1. The summed E-state index contributed by atoms with van der Waals surface area (Å²) in [5.41, 5.74) is 9.03. The van der Waals surface area contributed by atoms with E-state index in [1.807, 2.05) is 11.0 Å². The number of nitrogens with one attached hydrogen (secondary N) is 2. The molecule has 11 nitrogen and oxygen atoms in total. The van der Waals surface area contributed by atoms with Gasteiger partial charge in [-0.05, 0) is 61.4 Å². The predicted molar refractivity (Wildman–Crippen MR) is 167 cm³/mol. The number of esters is 1. The summed E-state index contributed by atoms with van der Waals surface area (Å²) < 4.78 is 66.4. The lowest BCUT2D eigenvalue weighted by Crippen LogP contribution is -2.39. The number of nitrogens with zero attached hydrogens (tertiary/aromatic N) is 2. The summed E-state index contributed by atoms with van der Waals surface area (Å²) in [5, 5.41) is 3.01. The van der Waals surface area contributed by atoms with Crippen molar-refractivity contribution >= 4 is 44.6 Å². The van der Waals surface area contributed by atoms with Crippen molar-refractivity contribution in [2.24, 2.45) is 11.1 Å². The number of ether oxygens (including phenoxy) is 2. The number of carbonyl (C=O) groups excluding carboxylic acids is 2. The van der Waals surface area contributed by atoms with Crippen molar-refractivity contribution in [2.75, 3.05) is 71.5 Å². The van der Waals surface area contributed by atoms with Crippen molar-refractivity contribution in [3.8, 4) is 5.75 Å². The van der Waals surface area contributed by atoms with E-state index in [1.54, 1.807) is 18.2 Å². The lowest BCUT2D eigenvalue weighted by atomic mass is 9.93. The molecule has 0 bridgehead atoms. The first-order chi connectivity index (χ1) is 21.4. The number of hydrogen-bond acceptors (Lipinski definition) is 9. The second kappa shape index (κ2) is 12.3. The SMILES string of the molecule is NCC(=O)OCCS(=O)(=O)Nc1ccc(C(=O)Nc2cc3c(c(N4CCC(F)(F)CC4)c2)OCC3)c(N2CCC3(CC2)CC3)c1. The highest BCUT2D eigenvalue weighted by atomic mass is 32.2. The topological polar surface area (TPSA) is 143 Å². The van der Waals surface area contributed by atoms with Crippen molar-refractivity contribution in [3.05, 3.63) is 41.5 Å². The molecule has 3 heterocycles. The highest BCUT2D eigenvalue weighted by Crippen LogP contribution is 2.54. The molecule has 4 aliphatic rings. The molecule has 3 aliphatic heterocycles. The molecular weight excluding hydrogens is 608 g/mol. The molecule has 1 aliphatic carbocycles. The summed E-state index contributed by atoms with van der Waals surface area (Å²) >= 11 is 0. The van der Waals surface area contributed by atoms with Crippen molar-refractivity contribution < 1.29 is 36.3 Å². The maximum Gasteiger partial charge on any atom is 0.319 e. The van der Waals surface area contributed by atoms with Crippen LogP contribution in [0.5, 0.6) is 5.75 Å². The molecule has 14 heteroatoms. The zero-order valence-electron chi connectivity index (χ0n) is 25.1. The van der Waals surface area contributed by atoms with Gasteiger partial charge in [-0.2, -0.15) is 0 Å². The molecule has 45 heavy (non-hydrogen) atoms. The summed E-state index contributed by atoms with van der Waals surface area (Å²) in [6.07, 6.45) is 4.58. The smallest absolute Gasteiger partial charge is 0.319 e. The van der Waals surface area contributed by atoms with Gasteiger partial charge in [0.1, 0.15) is 18.1 Å². The molecule has 0 aromatic heterocycles. The fourth-order valence-electron chi connectivity index (χ4n) is 6.37. The first-order valence-corrected chi connectivity index (χ1v) is 17.1. The van der Waals surface area contributed by atoms with Crippen molar-refractivity contribution in [1.29, 1.82) is 0 Å². The first kappa shape index (κ1) is 31.3. The number of nitrogens with two attached hydrogens (primary N) is 1. The molecule has 2 aromatic rings. The number of hydrogen-bond donors (Lipinski definition) is 3. The number of halogens is 2. The molecule has 4 N–H and O–H groups in total. The predicted octanol–water partition coefficient (Wildman–Crippen LogP) is 3.73. The number of alkyl halides is 2. The fraction of sp³-hybridized carbons (Fsp3) is 0.548. The van der Waals surface area contributed by atoms with Gasteiger partial charge >= 0.3 is 5.97 Å². The second-order valence-corrected chi connectivity index (χ2v) is 14.3. The van der Waals surface area contributed by atoms with E-state index in [0.29, 0.717) is 46.8 Å². The molecule has 2 aromatic carbocycles. The maximum atomic E-state index is 13.9. The zero-order chi connectivity index (χ0) is 31.8. The monoisotopic (exact) mass is 647 g/mol. The molecular formula is C31H39F2N5O6S. The molecule has 3 fully saturated rings. The summed E-state index contributed by atoms with van der Waals surface area (Å²) in [5.74, 6) is -3.51. The van der Waals surface area contributed by atoms with E-state index in [0.717, 1.165) is 31.5 Å². The van der Waals surface area contributed by atoms with Crippen LogP contribution in [0, 0.1) is 5.41 Å². The highest BCUT2D eigenvalue weighted by Gasteiger charge is 2.44. The van der Waals surface area contributed by atoms with Crippen LogP contribution in [0.2, 0.25) is 0 Å². The molecule has 1 saturated carbocycles. The average Bonchev–Trinajstić information content (AvgIpc) is 3.58. The molecule has 1 amide bonds. The molecule has 0 atom stereocenters. The van der Waals surface area contributed by atoms with Crippen LogP contribution in [0.15, 0.2) is 30.3 Å². The minimum Gasteiger partial charge on any atom is -0.491 e. The first-order valence-electron chi connectivity index (χ1n) is 15.4. The summed E-state index contributed by atoms with van der Waals surface area (Å²) in [7, 11) is -3.86. The van der Waals surface area contributed by atoms with Gasteiger partial charge in [-0.3, -0.25) is 14.3 Å². The van der Waals surface area contributed by atoms with E-state index in [4.69, 9.17) is 15.2 Å². The van der Waals surface area contributed by atoms with Crippen molar-refractivity contribution in [2.45, 2.75) is 50.9 Å². The van der Waals surface area contributed by atoms with E-state index in [9.17, 15) is 26.8 Å². The third-order valence-corrected chi connectivity index (χ3v) is 10.5. The maximum absolute atomic E-state index is 13.9. The molecule has 0 unspecified atom stereocenters. The fourth-order valence-corrected chi connectivity index (χ4v) is 7.26. The summed E-state index contributed by atoms with van der Waals surface area (Å²) in [6, 6.07) is 8.44. The second-order valence-electron chi connectivity index (χ2n) is 12.4. The molecule has 0 radical (unpaired) electrons. The quantitative estimate of drug-likeness (QED) is 0.329. The van der Waals surface area contributed by atoms with Gasteiger partial charge in [-0.15, -0.1) is 0 Å². The Bertz CT molecular complexity index is 1560.